The van der Waals surface area contributed by atoms with Gasteiger partial charge in [0.15, 0.2) is 0 Å². The first-order chi connectivity index (χ1) is 15.6. The van der Waals surface area contributed by atoms with Crippen LogP contribution in [-0.2, 0) is 11.3 Å². The van der Waals surface area contributed by atoms with Crippen molar-refractivity contribution in [3.63, 3.8) is 0 Å². The molecule has 2 aromatic carbocycles. The molecule has 8 nitrogen and oxygen atoms in total. The fourth-order valence-corrected chi connectivity index (χ4v) is 3.84. The molecule has 0 aliphatic carbocycles. The normalized spacial score (nSPS) is 20.6. The van der Waals surface area contributed by atoms with Crippen LogP contribution in [0.25, 0.3) is 11.3 Å². The number of aliphatic hydroxyl groups is 1. The number of aromatic nitrogens is 3. The number of urea groups is 1. The first-order valence-corrected chi connectivity index (χ1v) is 10.7. The van der Waals surface area contributed by atoms with E-state index in [1.165, 1.54) is 6.07 Å². The lowest BCUT2D eigenvalue weighted by molar-refractivity contribution is -0.0905. The molecule has 2 heterocycles. The third kappa shape index (κ3) is 5.49. The van der Waals surface area contributed by atoms with Crippen LogP contribution in [0.2, 0.25) is 0 Å². The van der Waals surface area contributed by atoms with Gasteiger partial charge in [0.05, 0.1) is 24.9 Å². The number of rotatable bonds is 7. The number of anilines is 1. The van der Waals surface area contributed by atoms with Gasteiger partial charge in [0.25, 0.3) is 0 Å². The van der Waals surface area contributed by atoms with Crippen LogP contribution in [-0.4, -0.2) is 51.0 Å². The number of nitrogens with zero attached hydrogens (tertiary/aromatic N) is 3. The molecular weight excluding hydrogens is 413 g/mol. The summed E-state index contributed by atoms with van der Waals surface area (Å²) in [5, 5.41) is 23.6. The molecule has 3 N–H and O–H groups in total. The third-order valence-corrected chi connectivity index (χ3v) is 5.51. The van der Waals surface area contributed by atoms with E-state index in [1.54, 1.807) is 41.2 Å². The number of carbonyl (C=O) groups excluding carboxylic acids is 1. The van der Waals surface area contributed by atoms with Crippen molar-refractivity contribution in [3.8, 4) is 11.3 Å². The molecular formula is C23H26FN5O3. The average molecular weight is 439 g/mol. The minimum atomic E-state index is -0.486. The van der Waals surface area contributed by atoms with Gasteiger partial charge in [-0.15, -0.1) is 5.10 Å². The van der Waals surface area contributed by atoms with Crippen LogP contribution < -0.4 is 10.6 Å². The zero-order valence-corrected chi connectivity index (χ0v) is 17.5. The summed E-state index contributed by atoms with van der Waals surface area (Å²) in [6.45, 7) is 0.365. The van der Waals surface area contributed by atoms with Crippen LogP contribution in [0.1, 0.15) is 19.3 Å². The summed E-state index contributed by atoms with van der Waals surface area (Å²) < 4.78 is 21.6. The molecule has 32 heavy (non-hydrogen) atoms. The molecule has 0 bridgehead atoms. The first-order valence-electron chi connectivity index (χ1n) is 10.7. The molecule has 0 saturated carbocycles. The maximum absolute atomic E-state index is 13.9. The Morgan fingerprint density at radius 2 is 1.94 bits per heavy atom. The van der Waals surface area contributed by atoms with Crippen molar-refractivity contribution in [2.75, 3.05) is 11.9 Å². The Balaban J connectivity index is 1.27. The number of amides is 2. The van der Waals surface area contributed by atoms with Crippen LogP contribution >= 0.6 is 0 Å². The van der Waals surface area contributed by atoms with E-state index < -0.39 is 6.10 Å². The molecule has 1 aliphatic rings. The Bertz CT molecular complexity index is 1030. The van der Waals surface area contributed by atoms with Crippen LogP contribution in [0.15, 0.2) is 60.8 Å². The van der Waals surface area contributed by atoms with Crippen LogP contribution in [0.5, 0.6) is 0 Å². The molecule has 1 saturated heterocycles. The maximum atomic E-state index is 13.9. The number of aliphatic hydroxyl groups excluding tert-OH is 1. The van der Waals surface area contributed by atoms with E-state index in [1.807, 2.05) is 18.2 Å². The lowest BCUT2D eigenvalue weighted by Crippen LogP contribution is -2.52. The lowest BCUT2D eigenvalue weighted by atomic mass is 9.97. The number of halogens is 1. The van der Waals surface area contributed by atoms with Gasteiger partial charge >= 0.3 is 6.03 Å². The van der Waals surface area contributed by atoms with Crippen LogP contribution in [0.3, 0.4) is 0 Å². The minimum absolute atomic E-state index is 0.0801. The highest BCUT2D eigenvalue weighted by Gasteiger charge is 2.31. The fraction of sp³-hybridized carbons (Fsp3) is 0.348. The predicted octanol–water partition coefficient (Wildman–Crippen LogP) is 3.20. The highest BCUT2D eigenvalue weighted by atomic mass is 19.1. The van der Waals surface area contributed by atoms with Gasteiger partial charge in [-0.3, -0.25) is 4.68 Å². The van der Waals surface area contributed by atoms with Crippen molar-refractivity contribution in [3.05, 3.63) is 66.6 Å². The topological polar surface area (TPSA) is 101 Å². The molecule has 1 fully saturated rings. The smallest absolute Gasteiger partial charge is 0.319 e. The molecule has 168 valence electrons. The van der Waals surface area contributed by atoms with Crippen molar-refractivity contribution in [1.82, 2.24) is 20.3 Å². The number of carbonyl (C=O) groups is 1. The van der Waals surface area contributed by atoms with Crippen LogP contribution in [0.4, 0.5) is 14.9 Å². The summed E-state index contributed by atoms with van der Waals surface area (Å²) in [5.74, 6) is -0.337. The fourth-order valence-electron chi connectivity index (χ4n) is 3.84. The second-order valence-corrected chi connectivity index (χ2v) is 7.76. The van der Waals surface area contributed by atoms with Crippen molar-refractivity contribution < 1.29 is 19.0 Å². The second-order valence-electron chi connectivity index (χ2n) is 7.76. The van der Waals surface area contributed by atoms with E-state index in [0.29, 0.717) is 36.3 Å². The van der Waals surface area contributed by atoms with Gasteiger partial charge in [-0.1, -0.05) is 35.5 Å². The molecule has 9 heteroatoms. The van der Waals surface area contributed by atoms with Gasteiger partial charge in [-0.25, -0.2) is 9.18 Å². The summed E-state index contributed by atoms with van der Waals surface area (Å²) in [5.41, 5.74) is 1.59. The Labute approximate surface area is 185 Å². The number of ether oxygens (including phenoxy) is 1. The largest absolute Gasteiger partial charge is 0.394 e. The summed E-state index contributed by atoms with van der Waals surface area (Å²) in [6.07, 6.45) is 3.24. The van der Waals surface area contributed by atoms with Gasteiger partial charge in [0.1, 0.15) is 17.6 Å². The third-order valence-electron chi connectivity index (χ3n) is 5.51. The van der Waals surface area contributed by atoms with Gasteiger partial charge in [0, 0.05) is 17.8 Å². The summed E-state index contributed by atoms with van der Waals surface area (Å²) >= 11 is 0. The molecule has 3 atom stereocenters. The lowest BCUT2D eigenvalue weighted by Gasteiger charge is -2.36. The minimum Gasteiger partial charge on any atom is -0.394 e. The van der Waals surface area contributed by atoms with Gasteiger partial charge in [-0.2, -0.15) is 0 Å². The molecule has 2 amide bonds. The molecule has 0 spiro atoms. The highest BCUT2D eigenvalue weighted by molar-refractivity contribution is 5.89. The van der Waals surface area contributed by atoms with Crippen molar-refractivity contribution >= 4 is 11.7 Å². The quantitative estimate of drug-likeness (QED) is 0.525. The van der Waals surface area contributed by atoms with Crippen molar-refractivity contribution in [2.45, 2.75) is 44.1 Å². The number of aryl methyl sites for hydroxylation is 1. The summed E-state index contributed by atoms with van der Waals surface area (Å²) in [6, 6.07) is 15.0. The molecule has 0 unspecified atom stereocenters. The number of benzene rings is 2. The molecule has 3 aromatic rings. The van der Waals surface area contributed by atoms with Gasteiger partial charge in [0.2, 0.25) is 0 Å². The van der Waals surface area contributed by atoms with E-state index in [2.05, 4.69) is 20.9 Å². The Morgan fingerprint density at radius 3 is 2.72 bits per heavy atom. The van der Waals surface area contributed by atoms with E-state index in [9.17, 15) is 14.3 Å². The molecule has 0 radical (unpaired) electrons. The van der Waals surface area contributed by atoms with Gasteiger partial charge < -0.3 is 20.5 Å². The highest BCUT2D eigenvalue weighted by Crippen LogP contribution is 2.23. The Morgan fingerprint density at radius 1 is 1.16 bits per heavy atom. The summed E-state index contributed by atoms with van der Waals surface area (Å²) in [7, 11) is 0. The molecule has 1 aromatic heterocycles. The molecule has 1 aliphatic heterocycles. The number of hydrogen-bond acceptors (Lipinski definition) is 5. The average Bonchev–Trinajstić information content (AvgIpc) is 3.28. The SMILES string of the molecule is O=C(Nc1ccccc1)N[C@@H]1CC[C@H](CCn2cc(-c3ccccc3F)nn2)O[C@H]1CO. The van der Waals surface area contributed by atoms with E-state index >= 15 is 0 Å². The second kappa shape index (κ2) is 10.3. The maximum Gasteiger partial charge on any atom is 0.319 e. The van der Waals surface area contributed by atoms with E-state index in [0.717, 1.165) is 6.42 Å². The standard InChI is InChI=1S/C23H26FN5O3/c24-19-9-5-4-8-18(19)21-14-29(28-27-21)13-12-17-10-11-20(22(15-30)32-17)26-23(31)25-16-6-2-1-3-7-16/h1-9,14,17,20,22,30H,10-13,15H2,(H2,25,26,31)/t17-,20-,22+/m1/s1. The zero-order valence-electron chi connectivity index (χ0n) is 17.5. The van der Waals surface area contributed by atoms with E-state index in [-0.39, 0.29) is 30.6 Å². The predicted molar refractivity (Wildman–Crippen MR) is 117 cm³/mol. The Kier molecular flexibility index (Phi) is 7.08. The number of para-hydroxylation sites is 1. The zero-order chi connectivity index (χ0) is 22.3. The Hall–Kier alpha value is -3.30. The summed E-state index contributed by atoms with van der Waals surface area (Å²) in [4.78, 5) is 12.3. The monoisotopic (exact) mass is 439 g/mol. The van der Waals surface area contributed by atoms with E-state index in [4.69, 9.17) is 4.74 Å². The first kappa shape index (κ1) is 21.9. The van der Waals surface area contributed by atoms with Gasteiger partial charge in [-0.05, 0) is 43.5 Å². The number of nitrogens with one attached hydrogen (secondary N) is 2. The molecule has 4 rings (SSSR count). The van der Waals surface area contributed by atoms with Crippen molar-refractivity contribution in [1.29, 1.82) is 0 Å². The van der Waals surface area contributed by atoms with Crippen LogP contribution in [0, 0.1) is 5.82 Å². The van der Waals surface area contributed by atoms with Crippen molar-refractivity contribution in [2.24, 2.45) is 0 Å². The number of hydrogen-bond donors (Lipinski definition) is 3.